The van der Waals surface area contributed by atoms with E-state index in [4.69, 9.17) is 29.2 Å². The zero-order chi connectivity index (χ0) is 98.3. The van der Waals surface area contributed by atoms with Crippen LogP contribution in [-0.2, 0) is 0 Å². The first-order chi connectivity index (χ1) is 73.9. The number of ether oxygens (including phenoxy) is 3. The lowest BCUT2D eigenvalue weighted by Gasteiger charge is -2.43. The molecule has 22 aromatic rings. The van der Waals surface area contributed by atoms with Crippen LogP contribution in [0.15, 0.2) is 515 Å². The van der Waals surface area contributed by atoms with Gasteiger partial charge in [-0.25, -0.2) is 15.0 Å². The monoisotopic (exact) mass is 1960 g/mol. The summed E-state index contributed by atoms with van der Waals surface area (Å²) in [5.74, 6) is 7.22. The van der Waals surface area contributed by atoms with Crippen LogP contribution in [0.4, 0.5) is 102 Å². The van der Waals surface area contributed by atoms with Gasteiger partial charge in [-0.3, -0.25) is 4.98 Å². The number of nitrogens with zero attached hydrogens (tertiary/aromatic N) is 11. The third kappa shape index (κ3) is 14.5. The molecular formula is C129H80B3N11O3S3. The van der Waals surface area contributed by atoms with Gasteiger partial charge in [0.05, 0.1) is 77.5 Å². The smallest absolute Gasteiger partial charge is 0.256 e. The molecule has 14 nitrogen and oxygen atoms in total. The minimum atomic E-state index is 0.0128. The molecule has 0 aliphatic carbocycles. The van der Waals surface area contributed by atoms with Gasteiger partial charge in [0, 0.05) is 113 Å². The first-order valence-corrected chi connectivity index (χ1v) is 52.3. The van der Waals surface area contributed by atoms with E-state index in [1.807, 2.05) is 139 Å². The van der Waals surface area contributed by atoms with E-state index >= 15 is 0 Å². The average Bonchev–Trinajstić information content (AvgIpc) is 0.698. The number of anilines is 18. The summed E-state index contributed by atoms with van der Waals surface area (Å²) in [7, 11) is 0. The van der Waals surface area contributed by atoms with Gasteiger partial charge >= 0.3 is 0 Å². The topological polar surface area (TPSA) is 122 Å². The van der Waals surface area contributed by atoms with Gasteiger partial charge in [-0.2, -0.15) is 5.26 Å². The number of rotatable bonds is 10. The van der Waals surface area contributed by atoms with E-state index in [2.05, 4.69) is 423 Å². The minimum Gasteiger partial charge on any atom is -0.458 e. The normalized spacial score (nSPS) is 13.3. The second-order valence-corrected chi connectivity index (χ2v) is 40.8. The number of fused-ring (bicyclic) bond motifs is 21. The third-order valence-corrected chi connectivity index (χ3v) is 32.8. The molecule has 0 unspecified atom stereocenters. The van der Waals surface area contributed by atoms with Crippen molar-refractivity contribution in [1.82, 2.24) is 19.9 Å². The molecule has 20 aromatic carbocycles. The van der Waals surface area contributed by atoms with E-state index in [9.17, 15) is 5.26 Å². The quantitative estimate of drug-likeness (QED) is 0.121. The van der Waals surface area contributed by atoms with Crippen LogP contribution in [0.5, 0.6) is 34.5 Å². The van der Waals surface area contributed by atoms with Gasteiger partial charge in [-0.05, 0) is 242 Å². The Morgan fingerprint density at radius 3 is 0.799 bits per heavy atom. The summed E-state index contributed by atoms with van der Waals surface area (Å²) >= 11 is 5.49. The SMILES string of the molecule is N#Cc1ccc(N2c3ccccc3Sc3c2cc2c4c3N(c3ccccc3)c3ccccc3B4c3ccccc3O2)cc1.c1ccc(-c2nc(-c3ccccc3)nc(-c3ccc(N4c5ccccc5Sc5c4cc4c6c5N(c5ccccc5)c5ccccc5B6c5ccccc5O4)cc3)n2)cc1.c1ccc(N2c3ccccc3B3c4ccccc4Oc4cc5c(c2c43)Sc2ccccc2N5c2ccc(-c3ccncc3)cc2)cc1. The molecule has 0 radical (unpaired) electrons. The van der Waals surface area contributed by atoms with E-state index in [0.717, 1.165) is 142 Å². The number of aromatic nitrogens is 4. The van der Waals surface area contributed by atoms with Gasteiger partial charge in [0.2, 0.25) is 0 Å². The van der Waals surface area contributed by atoms with E-state index < -0.39 is 0 Å². The van der Waals surface area contributed by atoms with Gasteiger partial charge in [0.25, 0.3) is 20.1 Å². The van der Waals surface area contributed by atoms with Crippen molar-refractivity contribution in [2.75, 3.05) is 29.4 Å². The summed E-state index contributed by atoms with van der Waals surface area (Å²) in [4.78, 5) is 40.7. The number of hydrogen-bond acceptors (Lipinski definition) is 17. The van der Waals surface area contributed by atoms with Crippen molar-refractivity contribution in [3.63, 3.8) is 0 Å². The largest absolute Gasteiger partial charge is 0.458 e. The summed E-state index contributed by atoms with van der Waals surface area (Å²) in [6.07, 6.45) is 3.68. The summed E-state index contributed by atoms with van der Waals surface area (Å²) < 4.78 is 20.6. The molecule has 0 atom stereocenters. The Bertz CT molecular complexity index is 9140. The molecule has 0 saturated heterocycles. The highest BCUT2D eigenvalue weighted by molar-refractivity contribution is 8.00. The molecular weight excluding hydrogens is 1880 g/mol. The maximum atomic E-state index is 9.50. The first-order valence-electron chi connectivity index (χ1n) is 49.8. The summed E-state index contributed by atoms with van der Waals surface area (Å²) in [6.45, 7) is 0.105. The highest BCUT2D eigenvalue weighted by Crippen LogP contribution is 2.63. The number of pyridine rings is 1. The highest BCUT2D eigenvalue weighted by atomic mass is 32.2. The van der Waals surface area contributed by atoms with E-state index in [0.29, 0.717) is 23.0 Å². The van der Waals surface area contributed by atoms with E-state index in [1.165, 1.54) is 101 Å². The lowest BCUT2D eigenvalue weighted by atomic mass is 9.34. The molecule has 0 fully saturated rings. The van der Waals surface area contributed by atoms with Crippen molar-refractivity contribution in [2.45, 2.75) is 29.4 Å². The van der Waals surface area contributed by atoms with Crippen LogP contribution in [-0.4, -0.2) is 40.1 Å². The molecule has 31 rings (SSSR count). The first kappa shape index (κ1) is 87.1. The standard InChI is InChI=1S/C51H32BN5OS.C41H26BN3OS.C37H22BN3OS/c1-4-16-33(17-5-1)49-53-50(34-18-6-2-7-19-34)55-51(54-49)35-28-30-37(31-29-35)56-41-25-13-15-27-45(41)59-48-42(56)32-44-46-47(48)57(36-20-8-3-9-21-36)40-24-12-10-22-38(40)52(46)39-23-11-14-26-43(39)58-44;1-2-10-29(11-3-1)45-33-14-6-4-12-31(33)42-32-13-5-8-16-36(32)46-37-26-35-41(40(45)39(37)42)47-38-17-9-7-15-34(38)44(35)30-20-18-27(19-21-30)28-22-24-43-25-23-28;39-23-24-18-20-26(21-19-24)40-30-15-7-9-17-34(30)43-37-31(40)22-33-35-36(37)41(25-10-2-1-3-11-25)29-14-6-4-12-27(29)38(35)28-13-5-8-16-32(28)42-33/h1-32H;1-26H;1-22H. The molecule has 0 bridgehead atoms. The van der Waals surface area contributed by atoms with Crippen molar-refractivity contribution in [2.24, 2.45) is 0 Å². The molecule has 0 saturated carbocycles. The molecule has 696 valence electrons. The van der Waals surface area contributed by atoms with Crippen molar-refractivity contribution in [3.8, 4) is 85.9 Å². The summed E-state index contributed by atoms with van der Waals surface area (Å²) in [5.41, 5.74) is 36.7. The van der Waals surface area contributed by atoms with E-state index in [1.54, 1.807) is 0 Å². The Labute approximate surface area is 875 Å². The van der Waals surface area contributed by atoms with Gasteiger partial charge in [0.1, 0.15) is 34.5 Å². The third-order valence-electron chi connectivity index (χ3n) is 29.3. The predicted molar refractivity (Wildman–Crippen MR) is 611 cm³/mol. The maximum Gasteiger partial charge on any atom is 0.256 e. The maximum absolute atomic E-state index is 9.50. The average molecular weight is 1960 g/mol. The van der Waals surface area contributed by atoms with E-state index in [-0.39, 0.29) is 20.1 Å². The van der Waals surface area contributed by atoms with Gasteiger partial charge in [-0.15, -0.1) is 0 Å². The van der Waals surface area contributed by atoms with Crippen LogP contribution >= 0.6 is 35.3 Å². The molecule has 2 aromatic heterocycles. The van der Waals surface area contributed by atoms with Crippen LogP contribution in [0.2, 0.25) is 0 Å². The summed E-state index contributed by atoms with van der Waals surface area (Å²) in [5, 5.41) is 9.50. The van der Waals surface area contributed by atoms with Gasteiger partial charge in [0.15, 0.2) is 17.5 Å². The lowest BCUT2D eigenvalue weighted by Crippen LogP contribution is -2.59. The molecule has 0 N–H and O–H groups in total. The Morgan fingerprint density at radius 2 is 0.470 bits per heavy atom. The fourth-order valence-corrected chi connectivity index (χ4v) is 26.4. The summed E-state index contributed by atoms with van der Waals surface area (Å²) in [6, 6.07) is 168. The molecule has 20 heteroatoms. The Kier molecular flexibility index (Phi) is 21.1. The minimum absolute atomic E-state index is 0.0128. The Hall–Kier alpha value is -18.5. The number of hydrogen-bond donors (Lipinski definition) is 0. The second-order valence-electron chi connectivity index (χ2n) is 37.6. The Balaban J connectivity index is 0.000000107. The van der Waals surface area contributed by atoms with Crippen LogP contribution in [0, 0.1) is 11.3 Å². The number of nitriles is 1. The number of para-hydroxylation sites is 12. The fraction of sp³-hybridized carbons (Fsp3) is 0. The van der Waals surface area contributed by atoms with Gasteiger partial charge < -0.3 is 43.6 Å². The van der Waals surface area contributed by atoms with Crippen molar-refractivity contribution in [1.29, 1.82) is 5.26 Å². The van der Waals surface area contributed by atoms with Gasteiger partial charge in [-0.1, -0.05) is 308 Å². The highest BCUT2D eigenvalue weighted by Gasteiger charge is 2.50. The van der Waals surface area contributed by atoms with Crippen molar-refractivity contribution in [3.05, 3.63) is 491 Å². The zero-order valence-electron chi connectivity index (χ0n) is 79.8. The fourth-order valence-electron chi connectivity index (χ4n) is 22.8. The second kappa shape index (κ2) is 36.1. The predicted octanol–water partition coefficient (Wildman–Crippen LogP) is 28.2. The van der Waals surface area contributed by atoms with Crippen LogP contribution in [0.3, 0.4) is 0 Å². The molecule has 11 heterocycles. The molecule has 0 spiro atoms. The van der Waals surface area contributed by atoms with Crippen LogP contribution in [0.25, 0.3) is 45.3 Å². The zero-order valence-corrected chi connectivity index (χ0v) is 82.2. The molecule has 149 heavy (non-hydrogen) atoms. The lowest BCUT2D eigenvalue weighted by molar-refractivity contribution is 0.487. The molecule has 0 amide bonds. The van der Waals surface area contributed by atoms with Crippen molar-refractivity contribution >= 4 is 207 Å². The van der Waals surface area contributed by atoms with Crippen LogP contribution < -0.4 is 92.8 Å². The molecule has 9 aliphatic rings. The number of benzene rings is 20. The van der Waals surface area contributed by atoms with Crippen molar-refractivity contribution < 1.29 is 14.2 Å². The molecule has 9 aliphatic heterocycles. The van der Waals surface area contributed by atoms with Crippen LogP contribution in [0.1, 0.15) is 5.56 Å². The Morgan fingerprint density at radius 1 is 0.215 bits per heavy atom.